The van der Waals surface area contributed by atoms with E-state index in [0.29, 0.717) is 6.61 Å². The lowest BCUT2D eigenvalue weighted by molar-refractivity contribution is 0.306. The molecule has 0 saturated heterocycles. The molecule has 2 aromatic carbocycles. The molecule has 0 heterocycles. The van der Waals surface area contributed by atoms with Gasteiger partial charge in [-0.3, -0.25) is 0 Å². The summed E-state index contributed by atoms with van der Waals surface area (Å²) in [5, 5.41) is 3.53. The second kappa shape index (κ2) is 13.7. The normalized spacial score (nSPS) is 10.3. The van der Waals surface area contributed by atoms with Crippen LogP contribution in [0.1, 0.15) is 56.6 Å². The maximum absolute atomic E-state index is 5.82. The van der Waals surface area contributed by atoms with Crippen LogP contribution >= 0.6 is 12.4 Å². The molecule has 1 N–H and O–H groups in total. The topological polar surface area (TPSA) is 21.3 Å². The van der Waals surface area contributed by atoms with E-state index in [1.807, 2.05) is 18.2 Å². The van der Waals surface area contributed by atoms with Crippen molar-refractivity contribution < 1.29 is 4.74 Å². The van der Waals surface area contributed by atoms with E-state index in [9.17, 15) is 0 Å². The Labute approximate surface area is 159 Å². The number of nitrogens with one attached hydrogen (secondary N) is 1. The van der Waals surface area contributed by atoms with Gasteiger partial charge in [0.2, 0.25) is 0 Å². The number of unbranched alkanes of at least 4 members (excludes halogenated alkanes) is 5. The molecule has 0 saturated carbocycles. The molecule has 25 heavy (non-hydrogen) atoms. The predicted molar refractivity (Wildman–Crippen MR) is 110 cm³/mol. The molecular weight excluding hydrogens is 330 g/mol. The lowest BCUT2D eigenvalue weighted by Gasteiger charge is -2.08. The van der Waals surface area contributed by atoms with Crippen LogP contribution in [0.15, 0.2) is 54.6 Å². The summed E-state index contributed by atoms with van der Waals surface area (Å²) in [5.41, 5.74) is 2.51. The van der Waals surface area contributed by atoms with Crippen LogP contribution in [0.3, 0.4) is 0 Å². The van der Waals surface area contributed by atoms with Gasteiger partial charge >= 0.3 is 0 Å². The van der Waals surface area contributed by atoms with Crippen LogP contribution in [-0.4, -0.2) is 6.54 Å². The van der Waals surface area contributed by atoms with Crippen molar-refractivity contribution in [3.63, 3.8) is 0 Å². The summed E-state index contributed by atoms with van der Waals surface area (Å²) >= 11 is 0. The number of hydrogen-bond donors (Lipinski definition) is 1. The molecule has 0 aliphatic rings. The van der Waals surface area contributed by atoms with Crippen LogP contribution in [-0.2, 0) is 13.2 Å². The fourth-order valence-corrected chi connectivity index (χ4v) is 2.71. The number of hydrogen-bond acceptors (Lipinski definition) is 2. The lowest BCUT2D eigenvalue weighted by Crippen LogP contribution is -2.14. The molecule has 0 aliphatic carbocycles. The predicted octanol–water partition coefficient (Wildman–Crippen LogP) is 6.14. The van der Waals surface area contributed by atoms with Crippen molar-refractivity contribution in [2.45, 2.75) is 58.6 Å². The van der Waals surface area contributed by atoms with Crippen molar-refractivity contribution in [3.8, 4) is 5.75 Å². The number of benzene rings is 2. The first-order chi connectivity index (χ1) is 11.9. The molecule has 0 amide bonds. The zero-order chi connectivity index (χ0) is 16.9. The molecule has 0 atom stereocenters. The second-order valence-corrected chi connectivity index (χ2v) is 6.36. The van der Waals surface area contributed by atoms with E-state index >= 15 is 0 Å². The van der Waals surface area contributed by atoms with Crippen LogP contribution in [0.2, 0.25) is 0 Å². The quantitative estimate of drug-likeness (QED) is 0.458. The number of halogens is 1. The molecule has 3 heteroatoms. The van der Waals surface area contributed by atoms with Gasteiger partial charge in [0.05, 0.1) is 0 Å². The third kappa shape index (κ3) is 9.52. The highest BCUT2D eigenvalue weighted by Gasteiger charge is 1.97. The molecule has 2 rings (SSSR count). The van der Waals surface area contributed by atoms with Crippen molar-refractivity contribution in [3.05, 3.63) is 65.7 Å². The van der Waals surface area contributed by atoms with Crippen LogP contribution in [0, 0.1) is 0 Å². The van der Waals surface area contributed by atoms with Gasteiger partial charge in [-0.25, -0.2) is 0 Å². The molecule has 0 aromatic heterocycles. The summed E-state index contributed by atoms with van der Waals surface area (Å²) in [6, 6.07) is 18.7. The third-order valence-electron chi connectivity index (χ3n) is 4.21. The summed E-state index contributed by atoms with van der Waals surface area (Å²) in [6.07, 6.45) is 8.10. The van der Waals surface area contributed by atoms with Gasteiger partial charge in [0.25, 0.3) is 0 Å². The largest absolute Gasteiger partial charge is 0.489 e. The van der Waals surface area contributed by atoms with Gasteiger partial charge in [-0.15, -0.1) is 12.4 Å². The Morgan fingerprint density at radius 2 is 1.44 bits per heavy atom. The molecule has 0 aliphatic heterocycles. The average molecular weight is 362 g/mol. The standard InChI is InChI=1S/C22H31NO.ClH/c1-2-3-4-5-6-10-17-23-18-20-13-15-22(16-14-20)24-19-21-11-8-7-9-12-21;/h7-9,11-16,23H,2-6,10,17-19H2,1H3;1H. The molecule has 138 valence electrons. The second-order valence-electron chi connectivity index (χ2n) is 6.36. The van der Waals surface area contributed by atoms with E-state index in [1.54, 1.807) is 0 Å². The fourth-order valence-electron chi connectivity index (χ4n) is 2.71. The van der Waals surface area contributed by atoms with Crippen LogP contribution in [0.5, 0.6) is 5.75 Å². The van der Waals surface area contributed by atoms with Gasteiger partial charge in [0, 0.05) is 6.54 Å². The first-order valence-corrected chi connectivity index (χ1v) is 9.35. The molecule has 0 fully saturated rings. The first kappa shape index (κ1) is 21.5. The Hall–Kier alpha value is -1.51. The van der Waals surface area contributed by atoms with Crippen molar-refractivity contribution in [2.75, 3.05) is 6.54 Å². The molecule has 0 unspecified atom stereocenters. The Bertz CT molecular complexity index is 542. The van der Waals surface area contributed by atoms with Gasteiger partial charge in [-0.2, -0.15) is 0 Å². The van der Waals surface area contributed by atoms with Gasteiger partial charge in [0.1, 0.15) is 12.4 Å². The van der Waals surface area contributed by atoms with Gasteiger partial charge in [-0.1, -0.05) is 81.5 Å². The minimum absolute atomic E-state index is 0. The van der Waals surface area contributed by atoms with Gasteiger partial charge in [-0.05, 0) is 36.2 Å². The highest BCUT2D eigenvalue weighted by atomic mass is 35.5. The van der Waals surface area contributed by atoms with Crippen molar-refractivity contribution in [1.82, 2.24) is 5.32 Å². The maximum atomic E-state index is 5.82. The zero-order valence-corrected chi connectivity index (χ0v) is 16.2. The monoisotopic (exact) mass is 361 g/mol. The summed E-state index contributed by atoms with van der Waals surface area (Å²) in [5.74, 6) is 0.929. The highest BCUT2D eigenvalue weighted by molar-refractivity contribution is 5.85. The lowest BCUT2D eigenvalue weighted by atomic mass is 10.1. The van der Waals surface area contributed by atoms with Crippen molar-refractivity contribution in [2.24, 2.45) is 0 Å². The molecule has 0 bridgehead atoms. The Morgan fingerprint density at radius 3 is 2.16 bits per heavy atom. The van der Waals surface area contributed by atoms with E-state index in [1.165, 1.54) is 49.7 Å². The first-order valence-electron chi connectivity index (χ1n) is 9.35. The van der Waals surface area contributed by atoms with E-state index in [2.05, 4.69) is 48.6 Å². The molecular formula is C22H32ClNO. The molecule has 2 aromatic rings. The Morgan fingerprint density at radius 1 is 0.760 bits per heavy atom. The van der Waals surface area contributed by atoms with E-state index in [-0.39, 0.29) is 12.4 Å². The summed E-state index contributed by atoms with van der Waals surface area (Å²) in [4.78, 5) is 0. The maximum Gasteiger partial charge on any atom is 0.119 e. The SMILES string of the molecule is CCCCCCCCNCc1ccc(OCc2ccccc2)cc1.Cl. The minimum Gasteiger partial charge on any atom is -0.489 e. The van der Waals surface area contributed by atoms with E-state index < -0.39 is 0 Å². The fraction of sp³-hybridized carbons (Fsp3) is 0.455. The van der Waals surface area contributed by atoms with Crippen molar-refractivity contribution in [1.29, 1.82) is 0 Å². The van der Waals surface area contributed by atoms with Crippen LogP contribution < -0.4 is 10.1 Å². The van der Waals surface area contributed by atoms with E-state index in [0.717, 1.165) is 18.8 Å². The summed E-state index contributed by atoms with van der Waals surface area (Å²) in [6.45, 7) is 4.93. The number of ether oxygens (including phenoxy) is 1. The smallest absolute Gasteiger partial charge is 0.119 e. The molecule has 0 spiro atoms. The third-order valence-corrected chi connectivity index (χ3v) is 4.21. The Kier molecular flexibility index (Phi) is 11.8. The zero-order valence-electron chi connectivity index (χ0n) is 15.4. The van der Waals surface area contributed by atoms with Crippen molar-refractivity contribution >= 4 is 12.4 Å². The Balaban J connectivity index is 0.00000312. The summed E-state index contributed by atoms with van der Waals surface area (Å²) < 4.78 is 5.82. The van der Waals surface area contributed by atoms with Gasteiger partial charge < -0.3 is 10.1 Å². The highest BCUT2D eigenvalue weighted by Crippen LogP contribution is 2.14. The van der Waals surface area contributed by atoms with Gasteiger partial charge in [0.15, 0.2) is 0 Å². The minimum atomic E-state index is 0. The summed E-state index contributed by atoms with van der Waals surface area (Å²) in [7, 11) is 0. The number of rotatable bonds is 12. The van der Waals surface area contributed by atoms with E-state index in [4.69, 9.17) is 4.74 Å². The average Bonchev–Trinajstić information content (AvgIpc) is 2.64. The molecule has 0 radical (unpaired) electrons. The van der Waals surface area contributed by atoms with Crippen LogP contribution in [0.4, 0.5) is 0 Å². The molecule has 2 nitrogen and oxygen atoms in total. The van der Waals surface area contributed by atoms with Crippen LogP contribution in [0.25, 0.3) is 0 Å².